The van der Waals surface area contributed by atoms with Gasteiger partial charge < -0.3 is 9.80 Å². The fourth-order valence-electron chi connectivity index (χ4n) is 2.33. The Balaban J connectivity index is 2.02. The minimum Gasteiger partial charge on any atom is -0.339 e. The van der Waals surface area contributed by atoms with Gasteiger partial charge in [0.2, 0.25) is 5.91 Å². The summed E-state index contributed by atoms with van der Waals surface area (Å²) in [5.41, 5.74) is 0.670. The molecule has 0 atom stereocenters. The molecule has 1 aromatic rings. The Morgan fingerprint density at radius 3 is 2.24 bits per heavy atom. The van der Waals surface area contributed by atoms with Gasteiger partial charge in [0.05, 0.1) is 5.56 Å². The summed E-state index contributed by atoms with van der Waals surface area (Å²) in [4.78, 5) is 28.1. The topological polar surface area (TPSA) is 40.6 Å². The molecule has 1 aromatic carbocycles. The van der Waals surface area contributed by atoms with Crippen molar-refractivity contribution in [3.05, 3.63) is 32.4 Å². The first-order valence-corrected chi connectivity index (χ1v) is 8.39. The van der Waals surface area contributed by atoms with Crippen molar-refractivity contribution >= 4 is 46.0 Å². The van der Waals surface area contributed by atoms with Gasteiger partial charge in [-0.3, -0.25) is 9.59 Å². The zero-order chi connectivity index (χ0) is 15.6. The molecule has 4 nitrogen and oxygen atoms in total. The van der Waals surface area contributed by atoms with E-state index in [0.717, 1.165) is 3.57 Å². The van der Waals surface area contributed by atoms with Gasteiger partial charge in [-0.05, 0) is 40.8 Å². The van der Waals surface area contributed by atoms with Crippen molar-refractivity contribution in [2.75, 3.05) is 26.2 Å². The molecule has 6 heteroatoms. The molecule has 0 saturated carbocycles. The van der Waals surface area contributed by atoms with Crippen LogP contribution in [0.4, 0.5) is 0 Å². The molecule has 0 bridgehead atoms. The molecular formula is C15H18ClIN2O2. The van der Waals surface area contributed by atoms with Crippen LogP contribution in [0.2, 0.25) is 5.02 Å². The first kappa shape index (κ1) is 16.5. The van der Waals surface area contributed by atoms with Gasteiger partial charge in [0.15, 0.2) is 0 Å². The second-order valence-electron chi connectivity index (χ2n) is 5.40. The van der Waals surface area contributed by atoms with Crippen LogP contribution in [0, 0.1) is 9.49 Å². The molecule has 1 heterocycles. The van der Waals surface area contributed by atoms with Gasteiger partial charge >= 0.3 is 0 Å². The lowest BCUT2D eigenvalue weighted by molar-refractivity contribution is -0.135. The predicted molar refractivity (Wildman–Crippen MR) is 91.5 cm³/mol. The third-order valence-electron chi connectivity index (χ3n) is 3.53. The highest BCUT2D eigenvalue weighted by atomic mass is 127. The van der Waals surface area contributed by atoms with Crippen LogP contribution in [-0.2, 0) is 4.79 Å². The normalized spacial score (nSPS) is 15.5. The summed E-state index contributed by atoms with van der Waals surface area (Å²) in [7, 11) is 0. The molecule has 1 aliphatic rings. The Morgan fingerprint density at radius 2 is 1.71 bits per heavy atom. The van der Waals surface area contributed by atoms with E-state index >= 15 is 0 Å². The van der Waals surface area contributed by atoms with Gasteiger partial charge in [0, 0.05) is 40.7 Å². The van der Waals surface area contributed by atoms with Gasteiger partial charge in [0.25, 0.3) is 5.91 Å². The van der Waals surface area contributed by atoms with E-state index in [0.29, 0.717) is 36.8 Å². The van der Waals surface area contributed by atoms with Gasteiger partial charge in [-0.2, -0.15) is 0 Å². The monoisotopic (exact) mass is 420 g/mol. The number of carbonyl (C=O) groups is 2. The van der Waals surface area contributed by atoms with Crippen LogP contribution in [-0.4, -0.2) is 47.8 Å². The minimum absolute atomic E-state index is 0.00413. The smallest absolute Gasteiger partial charge is 0.255 e. The maximum absolute atomic E-state index is 12.5. The van der Waals surface area contributed by atoms with Crippen LogP contribution < -0.4 is 0 Å². The van der Waals surface area contributed by atoms with Crippen LogP contribution in [0.15, 0.2) is 18.2 Å². The number of rotatable bonds is 2. The highest BCUT2D eigenvalue weighted by molar-refractivity contribution is 14.1. The zero-order valence-electron chi connectivity index (χ0n) is 12.1. The summed E-state index contributed by atoms with van der Waals surface area (Å²) < 4.78 is 0.853. The second kappa shape index (κ2) is 6.96. The first-order valence-electron chi connectivity index (χ1n) is 6.93. The maximum Gasteiger partial charge on any atom is 0.255 e. The molecule has 0 aromatic heterocycles. The third-order valence-corrected chi connectivity index (χ3v) is 4.66. The highest BCUT2D eigenvalue weighted by Crippen LogP contribution is 2.20. The average molecular weight is 421 g/mol. The minimum atomic E-state index is 0.00413. The second-order valence-corrected chi connectivity index (χ2v) is 6.99. The molecular weight excluding hydrogens is 403 g/mol. The Labute approximate surface area is 143 Å². The van der Waals surface area contributed by atoms with Crippen LogP contribution in [0.25, 0.3) is 0 Å². The van der Waals surface area contributed by atoms with E-state index in [9.17, 15) is 9.59 Å². The lowest BCUT2D eigenvalue weighted by Crippen LogP contribution is -2.51. The van der Waals surface area contributed by atoms with Crippen LogP contribution in [0.5, 0.6) is 0 Å². The molecule has 0 aliphatic carbocycles. The number of nitrogens with zero attached hydrogens (tertiary/aromatic N) is 2. The summed E-state index contributed by atoms with van der Waals surface area (Å²) >= 11 is 8.04. The molecule has 1 saturated heterocycles. The van der Waals surface area contributed by atoms with Crippen molar-refractivity contribution in [1.29, 1.82) is 0 Å². The number of amides is 2. The number of piperazine rings is 1. The van der Waals surface area contributed by atoms with E-state index < -0.39 is 0 Å². The van der Waals surface area contributed by atoms with Crippen molar-refractivity contribution in [1.82, 2.24) is 9.80 Å². The van der Waals surface area contributed by atoms with E-state index in [4.69, 9.17) is 11.6 Å². The molecule has 114 valence electrons. The quantitative estimate of drug-likeness (QED) is 0.690. The Bertz CT molecular complexity index is 555. The van der Waals surface area contributed by atoms with Crippen molar-refractivity contribution < 1.29 is 9.59 Å². The largest absolute Gasteiger partial charge is 0.339 e. The molecule has 0 unspecified atom stereocenters. The van der Waals surface area contributed by atoms with Crippen molar-refractivity contribution in [2.45, 2.75) is 13.8 Å². The maximum atomic E-state index is 12.5. The fraction of sp³-hybridized carbons (Fsp3) is 0.467. The Morgan fingerprint density at radius 1 is 1.14 bits per heavy atom. The molecule has 1 aliphatic heterocycles. The highest BCUT2D eigenvalue weighted by Gasteiger charge is 2.26. The summed E-state index contributed by atoms with van der Waals surface area (Å²) in [6.45, 7) is 6.16. The number of hydrogen-bond donors (Lipinski definition) is 0. The van der Waals surface area contributed by atoms with E-state index in [2.05, 4.69) is 22.6 Å². The van der Waals surface area contributed by atoms with Gasteiger partial charge in [-0.15, -0.1) is 0 Å². The van der Waals surface area contributed by atoms with E-state index in [1.165, 1.54) is 0 Å². The number of halogens is 2. The number of benzene rings is 1. The van der Waals surface area contributed by atoms with E-state index in [1.54, 1.807) is 23.1 Å². The lowest BCUT2D eigenvalue weighted by Gasteiger charge is -2.35. The zero-order valence-corrected chi connectivity index (χ0v) is 15.0. The molecule has 2 rings (SSSR count). The summed E-state index contributed by atoms with van der Waals surface area (Å²) in [6.07, 6.45) is 0. The van der Waals surface area contributed by atoms with Crippen LogP contribution >= 0.6 is 34.2 Å². The number of carbonyl (C=O) groups excluding carboxylic acids is 2. The fourth-order valence-corrected chi connectivity index (χ4v) is 3.43. The number of hydrogen-bond acceptors (Lipinski definition) is 2. The Hall–Kier alpha value is -0.820. The van der Waals surface area contributed by atoms with Gasteiger partial charge in [-0.25, -0.2) is 0 Å². The Kier molecular flexibility index (Phi) is 5.48. The summed E-state index contributed by atoms with van der Waals surface area (Å²) in [5.74, 6) is 0.167. The molecule has 2 amide bonds. The first-order chi connectivity index (χ1) is 9.90. The summed E-state index contributed by atoms with van der Waals surface area (Å²) in [6, 6.07) is 5.28. The lowest BCUT2D eigenvalue weighted by atomic mass is 10.1. The van der Waals surface area contributed by atoms with Gasteiger partial charge in [0.1, 0.15) is 0 Å². The standard InChI is InChI=1S/C15H18ClIN2O2/c1-10(2)14(20)18-5-7-19(8-6-18)15(21)12-4-3-11(16)9-13(12)17/h3-4,9-10H,5-8H2,1-2H3. The SMILES string of the molecule is CC(C)C(=O)N1CCN(C(=O)c2ccc(Cl)cc2I)CC1. The third kappa shape index (κ3) is 3.88. The summed E-state index contributed by atoms with van der Waals surface area (Å²) in [5, 5.41) is 0.628. The van der Waals surface area contributed by atoms with Crippen LogP contribution in [0.1, 0.15) is 24.2 Å². The molecule has 21 heavy (non-hydrogen) atoms. The molecule has 0 N–H and O–H groups in total. The van der Waals surface area contributed by atoms with Crippen molar-refractivity contribution in [3.8, 4) is 0 Å². The molecule has 0 spiro atoms. The van der Waals surface area contributed by atoms with Crippen molar-refractivity contribution in [2.24, 2.45) is 5.92 Å². The molecule has 0 radical (unpaired) electrons. The average Bonchev–Trinajstić information content (AvgIpc) is 2.46. The van der Waals surface area contributed by atoms with E-state index in [-0.39, 0.29) is 17.7 Å². The predicted octanol–water partition coefficient (Wildman–Crippen LogP) is 2.89. The van der Waals surface area contributed by atoms with E-state index in [1.807, 2.05) is 18.7 Å². The van der Waals surface area contributed by atoms with Gasteiger partial charge in [-0.1, -0.05) is 25.4 Å². The van der Waals surface area contributed by atoms with Crippen molar-refractivity contribution in [3.63, 3.8) is 0 Å². The van der Waals surface area contributed by atoms with Crippen LogP contribution in [0.3, 0.4) is 0 Å². The molecule has 1 fully saturated rings.